The summed E-state index contributed by atoms with van der Waals surface area (Å²) in [5.74, 6) is -0.298. The Morgan fingerprint density at radius 2 is 2.11 bits per heavy atom. The van der Waals surface area contributed by atoms with E-state index in [1.54, 1.807) is 4.90 Å². The molecule has 2 unspecified atom stereocenters. The highest BCUT2D eigenvalue weighted by Crippen LogP contribution is 2.58. The van der Waals surface area contributed by atoms with E-state index in [9.17, 15) is 9.59 Å². The number of likely N-dealkylation sites (tertiary alicyclic amines) is 1. The maximum atomic E-state index is 11.9. The number of carbonyl (C=O) groups excluding carboxylic acids is 2. The zero-order valence-corrected chi connectivity index (χ0v) is 11.6. The van der Waals surface area contributed by atoms with Crippen molar-refractivity contribution < 1.29 is 19.1 Å². The number of ether oxygens (including phenoxy) is 2. The van der Waals surface area contributed by atoms with Gasteiger partial charge in [0.1, 0.15) is 5.60 Å². The van der Waals surface area contributed by atoms with Crippen LogP contribution in [0.4, 0.5) is 4.79 Å². The molecule has 0 aromatic carbocycles. The highest BCUT2D eigenvalue weighted by molar-refractivity contribution is 6.17. The van der Waals surface area contributed by atoms with Crippen LogP contribution in [-0.2, 0) is 14.3 Å². The molecule has 18 heavy (non-hydrogen) atoms. The first-order valence-electron chi connectivity index (χ1n) is 6.03. The third kappa shape index (κ3) is 2.28. The summed E-state index contributed by atoms with van der Waals surface area (Å²) in [5.41, 5.74) is -1.04. The number of hydrogen-bond donors (Lipinski definition) is 0. The number of nitrogens with zero attached hydrogens (tertiary/aromatic N) is 1. The van der Waals surface area contributed by atoms with Gasteiger partial charge in [-0.15, -0.1) is 0 Å². The molecule has 6 heteroatoms. The second kappa shape index (κ2) is 4.30. The summed E-state index contributed by atoms with van der Waals surface area (Å²) < 4.78 is 10.2. The summed E-state index contributed by atoms with van der Waals surface area (Å²) >= 11 is 5.39. The minimum absolute atomic E-state index is 0.0805. The number of halogens is 1. The SMILES string of the molecule is CC(C)(C)OC(=O)N1CCC2(C(=O)OCCl)CC12. The fraction of sp³-hybridized carbons (Fsp3) is 0.833. The number of rotatable bonds is 2. The molecule has 2 rings (SSSR count). The van der Waals surface area contributed by atoms with Crippen LogP contribution >= 0.6 is 11.6 Å². The molecule has 0 spiro atoms. The van der Waals surface area contributed by atoms with E-state index in [0.717, 1.165) is 0 Å². The van der Waals surface area contributed by atoms with Gasteiger partial charge in [-0.05, 0) is 33.6 Å². The van der Waals surface area contributed by atoms with Crippen LogP contribution in [0.2, 0.25) is 0 Å². The topological polar surface area (TPSA) is 55.8 Å². The summed E-state index contributed by atoms with van der Waals surface area (Å²) in [6, 6.07) is -0.220. The van der Waals surface area contributed by atoms with Gasteiger partial charge in [0.05, 0.1) is 11.5 Å². The predicted octanol–water partition coefficient (Wildman–Crippen LogP) is 2.13. The van der Waals surface area contributed by atoms with Gasteiger partial charge in [-0.2, -0.15) is 0 Å². The van der Waals surface area contributed by atoms with Crippen molar-refractivity contribution in [2.24, 2.45) is 5.41 Å². The fourth-order valence-corrected chi connectivity index (χ4v) is 2.59. The highest BCUT2D eigenvalue weighted by atomic mass is 35.5. The van der Waals surface area contributed by atoms with Gasteiger partial charge in [0.2, 0.25) is 0 Å². The summed E-state index contributed by atoms with van der Waals surface area (Å²) in [4.78, 5) is 25.3. The highest BCUT2D eigenvalue weighted by Gasteiger charge is 2.68. The van der Waals surface area contributed by atoms with Gasteiger partial charge < -0.3 is 14.4 Å². The molecule has 0 aromatic rings. The molecule has 2 atom stereocenters. The van der Waals surface area contributed by atoms with Crippen molar-refractivity contribution in [3.63, 3.8) is 0 Å². The van der Waals surface area contributed by atoms with Gasteiger partial charge in [-0.1, -0.05) is 11.6 Å². The van der Waals surface area contributed by atoms with E-state index >= 15 is 0 Å². The number of fused-ring (bicyclic) bond motifs is 1. The van der Waals surface area contributed by atoms with E-state index in [-0.39, 0.29) is 24.2 Å². The standard InChI is InChI=1S/C12H18ClNO4/c1-11(2,3)18-10(16)14-5-4-12(6-8(12)14)9(15)17-7-13/h8H,4-7H2,1-3H3. The van der Waals surface area contributed by atoms with Crippen molar-refractivity contribution in [2.45, 2.75) is 45.3 Å². The normalized spacial score (nSPS) is 29.8. The van der Waals surface area contributed by atoms with Crippen LogP contribution in [0.1, 0.15) is 33.6 Å². The van der Waals surface area contributed by atoms with Crippen molar-refractivity contribution in [2.75, 3.05) is 12.6 Å². The molecule has 1 saturated carbocycles. The Labute approximate surface area is 111 Å². The molecule has 5 nitrogen and oxygen atoms in total. The quantitative estimate of drug-likeness (QED) is 0.572. The Bertz CT molecular complexity index is 379. The van der Waals surface area contributed by atoms with Crippen LogP contribution in [0.3, 0.4) is 0 Å². The summed E-state index contributed by atoms with van der Waals surface area (Å²) in [6.07, 6.45) is 0.930. The molecule has 0 aromatic heterocycles. The Hall–Kier alpha value is -0.970. The summed E-state index contributed by atoms with van der Waals surface area (Å²) in [6.45, 7) is 6.01. The molecule has 1 saturated heterocycles. The van der Waals surface area contributed by atoms with E-state index in [2.05, 4.69) is 0 Å². The zero-order valence-electron chi connectivity index (χ0n) is 10.9. The second-order valence-corrected chi connectivity index (χ2v) is 6.06. The van der Waals surface area contributed by atoms with Crippen LogP contribution in [0, 0.1) is 5.41 Å². The summed E-state index contributed by atoms with van der Waals surface area (Å²) in [5, 5.41) is 0. The first-order valence-corrected chi connectivity index (χ1v) is 6.56. The van der Waals surface area contributed by atoms with Crippen LogP contribution in [0.25, 0.3) is 0 Å². The van der Waals surface area contributed by atoms with Crippen molar-refractivity contribution in [1.29, 1.82) is 0 Å². The molecule has 2 aliphatic rings. The van der Waals surface area contributed by atoms with Crippen molar-refractivity contribution in [3.8, 4) is 0 Å². The van der Waals surface area contributed by atoms with E-state index in [1.165, 1.54) is 0 Å². The van der Waals surface area contributed by atoms with Gasteiger partial charge in [0, 0.05) is 6.54 Å². The number of esters is 1. The maximum Gasteiger partial charge on any atom is 0.410 e. The Morgan fingerprint density at radius 3 is 2.61 bits per heavy atom. The number of amides is 1. The molecular formula is C12H18ClNO4. The minimum Gasteiger partial charge on any atom is -0.449 e. The lowest BCUT2D eigenvalue weighted by Crippen LogP contribution is -2.37. The van der Waals surface area contributed by atoms with Crippen LogP contribution < -0.4 is 0 Å². The molecule has 2 fully saturated rings. The van der Waals surface area contributed by atoms with Crippen molar-refractivity contribution in [1.82, 2.24) is 4.90 Å². The third-order valence-electron chi connectivity index (χ3n) is 3.43. The number of hydrogen-bond acceptors (Lipinski definition) is 4. The fourth-order valence-electron chi connectivity index (χ4n) is 2.49. The molecule has 1 aliphatic heterocycles. The molecule has 1 heterocycles. The molecule has 1 aliphatic carbocycles. The largest absolute Gasteiger partial charge is 0.449 e. The van der Waals surface area contributed by atoms with Gasteiger partial charge in [0.25, 0.3) is 0 Å². The third-order valence-corrected chi connectivity index (χ3v) is 3.54. The lowest BCUT2D eigenvalue weighted by Gasteiger charge is -2.25. The van der Waals surface area contributed by atoms with Crippen molar-refractivity contribution in [3.05, 3.63) is 0 Å². The molecule has 1 amide bonds. The molecule has 102 valence electrons. The Morgan fingerprint density at radius 1 is 1.44 bits per heavy atom. The number of carbonyl (C=O) groups is 2. The van der Waals surface area contributed by atoms with Crippen molar-refractivity contribution >= 4 is 23.7 Å². The predicted molar refractivity (Wildman–Crippen MR) is 65.2 cm³/mol. The number of alkyl halides is 1. The van der Waals surface area contributed by atoms with Crippen LogP contribution in [0.5, 0.6) is 0 Å². The lowest BCUT2D eigenvalue weighted by molar-refractivity contribution is -0.148. The second-order valence-electron chi connectivity index (χ2n) is 5.84. The van der Waals surface area contributed by atoms with Gasteiger partial charge in [0.15, 0.2) is 6.07 Å². The molecule has 0 radical (unpaired) electrons. The Balaban J connectivity index is 1.97. The van der Waals surface area contributed by atoms with Crippen LogP contribution in [0.15, 0.2) is 0 Å². The average molecular weight is 276 g/mol. The van der Waals surface area contributed by atoms with Gasteiger partial charge in [-0.25, -0.2) is 4.79 Å². The first kappa shape index (κ1) is 13.5. The lowest BCUT2D eigenvalue weighted by atomic mass is 10.1. The number of piperidine rings is 1. The molecule has 0 bridgehead atoms. The minimum atomic E-state index is -0.522. The van der Waals surface area contributed by atoms with Gasteiger partial charge >= 0.3 is 12.1 Å². The van der Waals surface area contributed by atoms with E-state index < -0.39 is 11.0 Å². The van der Waals surface area contributed by atoms with Crippen LogP contribution in [-0.4, -0.2) is 41.2 Å². The van der Waals surface area contributed by atoms with Gasteiger partial charge in [-0.3, -0.25) is 4.79 Å². The zero-order chi connectivity index (χ0) is 13.6. The van der Waals surface area contributed by atoms with E-state index in [1.807, 2.05) is 20.8 Å². The molecular weight excluding hydrogens is 258 g/mol. The van der Waals surface area contributed by atoms with E-state index in [4.69, 9.17) is 21.1 Å². The summed E-state index contributed by atoms with van der Waals surface area (Å²) in [7, 11) is 0. The Kier molecular flexibility index (Phi) is 3.21. The smallest absolute Gasteiger partial charge is 0.410 e. The monoisotopic (exact) mass is 275 g/mol. The maximum absolute atomic E-state index is 11.9. The molecule has 0 N–H and O–H groups in total. The first-order chi connectivity index (χ1) is 8.30. The van der Waals surface area contributed by atoms with E-state index in [0.29, 0.717) is 19.4 Å². The average Bonchev–Trinajstić information content (AvgIpc) is 2.83.